The molecule has 0 aliphatic heterocycles. The van der Waals surface area contributed by atoms with Crippen molar-refractivity contribution in [3.63, 3.8) is 0 Å². The number of anilines is 2. The highest BCUT2D eigenvalue weighted by molar-refractivity contribution is 7.94. The van der Waals surface area contributed by atoms with Gasteiger partial charge in [0, 0.05) is 52.8 Å². The Morgan fingerprint density at radius 3 is 2.73 bits per heavy atom. The Bertz CT molecular complexity index is 1300. The molecule has 11 heteroatoms. The molecule has 4 N–H and O–H groups in total. The molecule has 33 heavy (non-hydrogen) atoms. The SMILES string of the molecule is Nc1c([S+]([O-])C2CCC2)sc2nc(-c3cnc(NCCO)nc3)cc(-c3ncccc3F)c12. The summed E-state index contributed by atoms with van der Waals surface area (Å²) in [5.41, 5.74) is 8.64. The minimum absolute atomic E-state index is 0.0350. The number of aliphatic hydroxyl groups is 1. The molecule has 0 radical (unpaired) electrons. The van der Waals surface area contributed by atoms with E-state index in [-0.39, 0.29) is 17.6 Å². The highest BCUT2D eigenvalue weighted by Gasteiger charge is 2.35. The maximum Gasteiger partial charge on any atom is 0.232 e. The predicted octanol–water partition coefficient (Wildman–Crippen LogP) is 3.60. The molecule has 1 atom stereocenters. The standard InChI is InChI=1S/C22H21FN6O2S2/c23-15-5-2-6-25-19(15)14-9-16(12-10-27-22(28-11-12)26-7-8-30)29-20-17(14)18(24)21(32-20)33(31)13-3-1-4-13/h2,5-6,9-11,13,30H,1,3-4,7-8,24H2,(H,26,27,28). The fourth-order valence-corrected chi connectivity index (χ4v) is 6.83. The van der Waals surface area contributed by atoms with Crippen LogP contribution >= 0.6 is 11.3 Å². The average molecular weight is 485 g/mol. The molecule has 4 aromatic heterocycles. The van der Waals surface area contributed by atoms with Crippen LogP contribution in [0.3, 0.4) is 0 Å². The lowest BCUT2D eigenvalue weighted by Crippen LogP contribution is -2.28. The van der Waals surface area contributed by atoms with Crippen LogP contribution in [0.5, 0.6) is 0 Å². The Hall–Kier alpha value is -2.86. The Labute approximate surface area is 196 Å². The number of nitrogen functional groups attached to an aromatic ring is 1. The van der Waals surface area contributed by atoms with E-state index in [1.165, 1.54) is 29.7 Å². The summed E-state index contributed by atoms with van der Waals surface area (Å²) in [7, 11) is 0. The molecule has 0 aromatic carbocycles. The van der Waals surface area contributed by atoms with Crippen molar-refractivity contribution in [2.75, 3.05) is 24.2 Å². The van der Waals surface area contributed by atoms with Crippen LogP contribution in [0.2, 0.25) is 0 Å². The number of nitrogens with two attached hydrogens (primary N) is 1. The van der Waals surface area contributed by atoms with E-state index in [0.717, 1.165) is 19.3 Å². The van der Waals surface area contributed by atoms with Crippen LogP contribution in [0.1, 0.15) is 19.3 Å². The molecule has 170 valence electrons. The van der Waals surface area contributed by atoms with Crippen LogP contribution in [0.15, 0.2) is 41.0 Å². The number of pyridine rings is 2. The second-order valence-corrected chi connectivity index (χ2v) is 10.6. The van der Waals surface area contributed by atoms with E-state index in [4.69, 9.17) is 15.8 Å². The fourth-order valence-electron chi connectivity index (χ4n) is 3.62. The molecule has 1 aliphatic rings. The van der Waals surface area contributed by atoms with Gasteiger partial charge in [-0.3, -0.25) is 4.98 Å². The number of nitrogens with one attached hydrogen (secondary N) is 1. The number of nitrogens with zero attached hydrogens (tertiary/aromatic N) is 4. The number of thiophene rings is 1. The number of aromatic nitrogens is 4. The summed E-state index contributed by atoms with van der Waals surface area (Å²) in [5, 5.41) is 12.5. The summed E-state index contributed by atoms with van der Waals surface area (Å²) >= 11 is 0.0527. The van der Waals surface area contributed by atoms with Gasteiger partial charge in [0.25, 0.3) is 0 Å². The van der Waals surface area contributed by atoms with Crippen molar-refractivity contribution < 1.29 is 14.0 Å². The summed E-state index contributed by atoms with van der Waals surface area (Å²) in [4.78, 5) is 18.0. The van der Waals surface area contributed by atoms with Crippen LogP contribution in [-0.2, 0) is 11.2 Å². The van der Waals surface area contributed by atoms with Gasteiger partial charge in [0.05, 0.1) is 12.3 Å². The van der Waals surface area contributed by atoms with Crippen molar-refractivity contribution in [3.8, 4) is 22.5 Å². The van der Waals surface area contributed by atoms with E-state index < -0.39 is 17.0 Å². The van der Waals surface area contributed by atoms with Gasteiger partial charge in [-0.25, -0.2) is 19.3 Å². The lowest BCUT2D eigenvalue weighted by atomic mass is 10.00. The minimum atomic E-state index is -1.23. The molecule has 0 amide bonds. The predicted molar refractivity (Wildman–Crippen MR) is 128 cm³/mol. The number of hydrogen-bond acceptors (Lipinski definition) is 9. The average Bonchev–Trinajstić information content (AvgIpc) is 3.13. The summed E-state index contributed by atoms with van der Waals surface area (Å²) in [6.07, 6.45) is 7.61. The number of hydrogen-bond donors (Lipinski definition) is 3. The van der Waals surface area contributed by atoms with Gasteiger partial charge in [-0.2, -0.15) is 0 Å². The second kappa shape index (κ2) is 9.18. The zero-order chi connectivity index (χ0) is 22.9. The highest BCUT2D eigenvalue weighted by Crippen LogP contribution is 2.45. The molecular formula is C22H21FN6O2S2. The van der Waals surface area contributed by atoms with Crippen molar-refractivity contribution in [2.24, 2.45) is 0 Å². The smallest absolute Gasteiger partial charge is 0.232 e. The maximum absolute atomic E-state index is 14.8. The zero-order valence-corrected chi connectivity index (χ0v) is 19.1. The Morgan fingerprint density at radius 1 is 1.27 bits per heavy atom. The van der Waals surface area contributed by atoms with E-state index >= 15 is 0 Å². The van der Waals surface area contributed by atoms with Crippen molar-refractivity contribution >= 4 is 44.4 Å². The van der Waals surface area contributed by atoms with Crippen LogP contribution in [-0.4, -0.2) is 48.0 Å². The van der Waals surface area contributed by atoms with E-state index in [0.29, 0.717) is 49.4 Å². The Morgan fingerprint density at radius 2 is 2.06 bits per heavy atom. The van der Waals surface area contributed by atoms with Crippen molar-refractivity contribution in [2.45, 2.75) is 28.7 Å². The van der Waals surface area contributed by atoms with E-state index in [9.17, 15) is 8.94 Å². The molecule has 0 bridgehead atoms. The number of rotatable bonds is 7. The van der Waals surface area contributed by atoms with Gasteiger partial charge in [-0.15, -0.1) is 0 Å². The van der Waals surface area contributed by atoms with Gasteiger partial charge in [0.2, 0.25) is 10.2 Å². The van der Waals surface area contributed by atoms with Crippen LogP contribution in [0, 0.1) is 5.82 Å². The third kappa shape index (κ3) is 4.12. The third-order valence-electron chi connectivity index (χ3n) is 5.56. The largest absolute Gasteiger partial charge is 0.611 e. The summed E-state index contributed by atoms with van der Waals surface area (Å²) in [5.74, 6) is -0.105. The molecule has 5 rings (SSSR count). The zero-order valence-electron chi connectivity index (χ0n) is 17.5. The maximum atomic E-state index is 14.8. The fraction of sp³-hybridized carbons (Fsp3) is 0.273. The summed E-state index contributed by atoms with van der Waals surface area (Å²) < 4.78 is 28.4. The lowest BCUT2D eigenvalue weighted by molar-refractivity contribution is 0.311. The van der Waals surface area contributed by atoms with E-state index in [1.54, 1.807) is 18.5 Å². The van der Waals surface area contributed by atoms with Crippen LogP contribution in [0.25, 0.3) is 32.7 Å². The molecule has 1 fully saturated rings. The van der Waals surface area contributed by atoms with Gasteiger partial charge in [0.15, 0.2) is 0 Å². The van der Waals surface area contributed by atoms with Crippen molar-refractivity contribution in [1.82, 2.24) is 19.9 Å². The van der Waals surface area contributed by atoms with E-state index in [2.05, 4.69) is 20.3 Å². The number of aliphatic hydroxyl groups excluding tert-OH is 1. The van der Waals surface area contributed by atoms with Crippen molar-refractivity contribution in [3.05, 3.63) is 42.6 Å². The Balaban J connectivity index is 1.66. The molecule has 4 aromatic rings. The van der Waals surface area contributed by atoms with E-state index in [1.807, 2.05) is 0 Å². The molecular weight excluding hydrogens is 463 g/mol. The molecule has 1 saturated carbocycles. The van der Waals surface area contributed by atoms with Gasteiger partial charge in [0.1, 0.15) is 27.3 Å². The molecule has 4 heterocycles. The molecule has 1 unspecified atom stereocenters. The molecule has 1 aliphatic carbocycles. The lowest BCUT2D eigenvalue weighted by Gasteiger charge is -2.27. The summed E-state index contributed by atoms with van der Waals surface area (Å²) in [6, 6.07) is 4.58. The quantitative estimate of drug-likeness (QED) is 0.339. The first kappa shape index (κ1) is 22.0. The topological polar surface area (TPSA) is 133 Å². The minimum Gasteiger partial charge on any atom is -0.611 e. The summed E-state index contributed by atoms with van der Waals surface area (Å²) in [6.45, 7) is 0.300. The van der Waals surface area contributed by atoms with Gasteiger partial charge >= 0.3 is 0 Å². The van der Waals surface area contributed by atoms with Crippen LogP contribution < -0.4 is 11.1 Å². The van der Waals surface area contributed by atoms with Gasteiger partial charge in [-0.1, -0.05) is 11.3 Å². The first-order valence-corrected chi connectivity index (χ1v) is 12.5. The first-order valence-electron chi connectivity index (χ1n) is 10.5. The van der Waals surface area contributed by atoms with Gasteiger partial charge < -0.3 is 20.7 Å². The van der Waals surface area contributed by atoms with Crippen molar-refractivity contribution in [1.29, 1.82) is 0 Å². The Kier molecular flexibility index (Phi) is 6.11. The highest BCUT2D eigenvalue weighted by atomic mass is 32.2. The third-order valence-corrected chi connectivity index (χ3v) is 8.86. The van der Waals surface area contributed by atoms with Gasteiger partial charge in [-0.05, 0) is 37.5 Å². The monoisotopic (exact) mass is 484 g/mol. The molecule has 8 nitrogen and oxygen atoms in total. The second-order valence-electron chi connectivity index (χ2n) is 7.67. The first-order chi connectivity index (χ1) is 16.1. The number of fused-ring (bicyclic) bond motifs is 1. The van der Waals surface area contributed by atoms with Crippen LogP contribution in [0.4, 0.5) is 16.0 Å². The molecule has 0 saturated heterocycles. The number of halogens is 1. The molecule has 0 spiro atoms. The normalized spacial score (nSPS) is 14.9.